The molecule has 0 aromatic heterocycles. The van der Waals surface area contributed by atoms with Crippen LogP contribution in [0.3, 0.4) is 0 Å². The van der Waals surface area contributed by atoms with Gasteiger partial charge in [-0.15, -0.1) is 0 Å². The van der Waals surface area contributed by atoms with E-state index in [1.807, 2.05) is 13.0 Å². The lowest BCUT2D eigenvalue weighted by Crippen LogP contribution is -2.26. The minimum atomic E-state index is -3.29. The molecular formula is C11H13N3O2S. The number of anilines is 2. The monoisotopic (exact) mass is 251 g/mol. The lowest BCUT2D eigenvalue weighted by Gasteiger charge is -2.18. The number of nitrogens with zero attached hydrogens (tertiary/aromatic N) is 2. The molecule has 17 heavy (non-hydrogen) atoms. The van der Waals surface area contributed by atoms with E-state index in [0.717, 1.165) is 0 Å². The van der Waals surface area contributed by atoms with Crippen molar-refractivity contribution in [2.45, 2.75) is 6.92 Å². The van der Waals surface area contributed by atoms with Gasteiger partial charge in [-0.05, 0) is 24.1 Å². The van der Waals surface area contributed by atoms with Crippen molar-refractivity contribution in [1.82, 2.24) is 0 Å². The Morgan fingerprint density at radius 3 is 2.76 bits per heavy atom. The van der Waals surface area contributed by atoms with Crippen molar-refractivity contribution < 1.29 is 8.42 Å². The van der Waals surface area contributed by atoms with Crippen molar-refractivity contribution in [3.63, 3.8) is 0 Å². The summed E-state index contributed by atoms with van der Waals surface area (Å²) in [6.07, 6.45) is 0. The predicted molar refractivity (Wildman–Crippen MR) is 65.9 cm³/mol. The Hall–Kier alpha value is -1.74. The number of sulfonamides is 1. The van der Waals surface area contributed by atoms with Crippen LogP contribution in [0, 0.1) is 17.2 Å². The largest absolute Gasteiger partial charge is 0.399 e. The van der Waals surface area contributed by atoms with E-state index >= 15 is 0 Å². The smallest absolute Gasteiger partial charge is 0.235 e. The summed E-state index contributed by atoms with van der Waals surface area (Å²) in [6.45, 7) is 2.29. The average Bonchev–Trinajstić information content (AvgIpc) is 2.51. The van der Waals surface area contributed by atoms with Gasteiger partial charge in [-0.25, -0.2) is 8.42 Å². The number of nitriles is 1. The first-order valence-electron chi connectivity index (χ1n) is 5.24. The second-order valence-corrected chi connectivity index (χ2v) is 6.24. The quantitative estimate of drug-likeness (QED) is 0.752. The Labute approximate surface area is 101 Å². The van der Waals surface area contributed by atoms with Crippen LogP contribution in [-0.2, 0) is 10.0 Å². The van der Waals surface area contributed by atoms with Crippen molar-refractivity contribution in [3.8, 4) is 6.07 Å². The fraction of sp³-hybridized carbons (Fsp3) is 0.364. The summed E-state index contributed by atoms with van der Waals surface area (Å²) >= 11 is 0. The molecule has 6 heteroatoms. The van der Waals surface area contributed by atoms with E-state index in [2.05, 4.69) is 0 Å². The number of nitrogens with two attached hydrogens (primary N) is 1. The van der Waals surface area contributed by atoms with E-state index in [1.54, 1.807) is 12.1 Å². The third kappa shape index (κ3) is 2.06. The molecule has 1 saturated heterocycles. The van der Waals surface area contributed by atoms with Crippen LogP contribution in [0.25, 0.3) is 0 Å². The van der Waals surface area contributed by atoms with Crippen LogP contribution in [0.15, 0.2) is 18.2 Å². The van der Waals surface area contributed by atoms with Crippen molar-refractivity contribution in [2.24, 2.45) is 5.92 Å². The summed E-state index contributed by atoms with van der Waals surface area (Å²) in [4.78, 5) is 0. The second kappa shape index (κ2) is 3.93. The number of hydrogen-bond acceptors (Lipinski definition) is 4. The number of hydrogen-bond donors (Lipinski definition) is 1. The van der Waals surface area contributed by atoms with Crippen LogP contribution in [0.1, 0.15) is 12.5 Å². The summed E-state index contributed by atoms with van der Waals surface area (Å²) in [5.41, 5.74) is 6.75. The fourth-order valence-electron chi connectivity index (χ4n) is 2.01. The van der Waals surface area contributed by atoms with E-state index in [9.17, 15) is 8.42 Å². The Morgan fingerprint density at radius 1 is 1.53 bits per heavy atom. The maximum atomic E-state index is 11.9. The Morgan fingerprint density at radius 2 is 2.24 bits per heavy atom. The first-order valence-corrected chi connectivity index (χ1v) is 6.85. The summed E-state index contributed by atoms with van der Waals surface area (Å²) in [5, 5.41) is 9.01. The highest BCUT2D eigenvalue weighted by Crippen LogP contribution is 2.30. The zero-order chi connectivity index (χ0) is 12.6. The van der Waals surface area contributed by atoms with Crippen molar-refractivity contribution in [2.75, 3.05) is 22.3 Å². The van der Waals surface area contributed by atoms with Crippen LogP contribution < -0.4 is 10.0 Å². The van der Waals surface area contributed by atoms with Crippen LogP contribution >= 0.6 is 0 Å². The minimum Gasteiger partial charge on any atom is -0.399 e. The lowest BCUT2D eigenvalue weighted by molar-refractivity contribution is 0.598. The van der Waals surface area contributed by atoms with Crippen molar-refractivity contribution in [1.29, 1.82) is 5.26 Å². The molecule has 0 saturated carbocycles. The molecule has 1 aliphatic rings. The van der Waals surface area contributed by atoms with Crippen molar-refractivity contribution in [3.05, 3.63) is 23.8 Å². The van der Waals surface area contributed by atoms with Gasteiger partial charge >= 0.3 is 0 Å². The van der Waals surface area contributed by atoms with Gasteiger partial charge < -0.3 is 5.73 Å². The third-order valence-corrected chi connectivity index (χ3v) is 4.73. The highest BCUT2D eigenvalue weighted by molar-refractivity contribution is 7.93. The average molecular weight is 251 g/mol. The van der Waals surface area contributed by atoms with E-state index in [-0.39, 0.29) is 11.7 Å². The summed E-state index contributed by atoms with van der Waals surface area (Å²) < 4.78 is 25.1. The highest BCUT2D eigenvalue weighted by Gasteiger charge is 2.34. The van der Waals surface area contributed by atoms with Gasteiger partial charge in [-0.1, -0.05) is 6.92 Å². The topological polar surface area (TPSA) is 87.2 Å². The summed E-state index contributed by atoms with van der Waals surface area (Å²) in [5.74, 6) is 0.200. The van der Waals surface area contributed by atoms with Gasteiger partial charge in [-0.2, -0.15) is 5.26 Å². The fourth-order valence-corrected chi connectivity index (χ4v) is 3.95. The molecule has 0 spiro atoms. The number of nitrogen functional groups attached to an aromatic ring is 1. The van der Waals surface area contributed by atoms with E-state index in [4.69, 9.17) is 11.0 Å². The zero-order valence-electron chi connectivity index (χ0n) is 9.42. The molecule has 0 bridgehead atoms. The molecular weight excluding hydrogens is 238 g/mol. The molecule has 1 aromatic rings. The van der Waals surface area contributed by atoms with Crippen molar-refractivity contribution >= 4 is 21.4 Å². The summed E-state index contributed by atoms with van der Waals surface area (Å²) in [6, 6.07) is 6.67. The Balaban J connectivity index is 2.52. The molecule has 1 aliphatic heterocycles. The van der Waals surface area contributed by atoms with Gasteiger partial charge in [0.15, 0.2) is 0 Å². The van der Waals surface area contributed by atoms with E-state index in [1.165, 1.54) is 10.4 Å². The zero-order valence-corrected chi connectivity index (χ0v) is 10.2. The van der Waals surface area contributed by atoms with E-state index < -0.39 is 10.0 Å². The SMILES string of the molecule is CC1CN(c2ccc(N)cc2C#N)S(=O)(=O)C1. The second-order valence-electron chi connectivity index (χ2n) is 4.30. The highest BCUT2D eigenvalue weighted by atomic mass is 32.2. The van der Waals surface area contributed by atoms with Gasteiger partial charge in [0.2, 0.25) is 10.0 Å². The predicted octanol–water partition coefficient (Wildman–Crippen LogP) is 0.926. The van der Waals surface area contributed by atoms with Gasteiger partial charge in [0.25, 0.3) is 0 Å². The molecule has 1 fully saturated rings. The molecule has 1 atom stereocenters. The van der Waals surface area contributed by atoms with Crippen LogP contribution in [0.4, 0.5) is 11.4 Å². The van der Waals surface area contributed by atoms with Crippen LogP contribution in [0.5, 0.6) is 0 Å². The first-order chi connectivity index (χ1) is 7.94. The standard InChI is InChI=1S/C11H13N3O2S/c1-8-6-14(17(15,16)7-8)11-3-2-10(13)4-9(11)5-12/h2-4,8H,6-7,13H2,1H3. The molecule has 90 valence electrons. The molecule has 0 aliphatic carbocycles. The molecule has 0 radical (unpaired) electrons. The van der Waals surface area contributed by atoms with Gasteiger partial charge in [-0.3, -0.25) is 4.31 Å². The van der Waals surface area contributed by atoms with Gasteiger partial charge in [0.05, 0.1) is 17.0 Å². The molecule has 2 N–H and O–H groups in total. The minimum absolute atomic E-state index is 0.0732. The molecule has 1 aromatic carbocycles. The lowest BCUT2D eigenvalue weighted by atomic mass is 10.1. The molecule has 1 unspecified atom stereocenters. The molecule has 0 amide bonds. The maximum Gasteiger partial charge on any atom is 0.235 e. The van der Waals surface area contributed by atoms with Gasteiger partial charge in [0, 0.05) is 12.2 Å². The number of rotatable bonds is 1. The molecule has 1 heterocycles. The third-order valence-electron chi connectivity index (χ3n) is 2.72. The van der Waals surface area contributed by atoms with E-state index in [0.29, 0.717) is 23.5 Å². The molecule has 5 nitrogen and oxygen atoms in total. The first kappa shape index (κ1) is 11.7. The van der Waals surface area contributed by atoms with Crippen LogP contribution in [-0.4, -0.2) is 20.7 Å². The Bertz CT molecular complexity index is 589. The normalized spacial score (nSPS) is 22.4. The Kier molecular flexibility index (Phi) is 2.71. The maximum absolute atomic E-state index is 11.9. The molecule has 2 rings (SSSR count). The summed E-state index contributed by atoms with van der Waals surface area (Å²) in [7, 11) is -3.29. The number of benzene rings is 1. The van der Waals surface area contributed by atoms with Gasteiger partial charge in [0.1, 0.15) is 6.07 Å². The van der Waals surface area contributed by atoms with Crippen LogP contribution in [0.2, 0.25) is 0 Å².